The van der Waals surface area contributed by atoms with Crippen molar-refractivity contribution in [2.45, 2.75) is 0 Å². The average Bonchev–Trinajstić information content (AvgIpc) is 1.50. The topological polar surface area (TPSA) is 19.6 Å². The fraction of sp³-hybridized carbons (Fsp3) is 0. The van der Waals surface area contributed by atoms with Crippen molar-refractivity contribution in [3.05, 3.63) is 334 Å². The Morgan fingerprint density at radius 1 is 0.273 bits per heavy atom. The summed E-state index contributed by atoms with van der Waals surface area (Å²) < 4.78 is 53.4. The van der Waals surface area contributed by atoms with Gasteiger partial charge in [0.25, 0.3) is 6.71 Å². The highest BCUT2D eigenvalue weighted by molar-refractivity contribution is 7.00. The second-order valence-corrected chi connectivity index (χ2v) is 22.6. The molecular formula is C84H55BN2O. The van der Waals surface area contributed by atoms with E-state index in [2.05, 4.69) is 301 Å². The first-order valence-electron chi connectivity index (χ1n) is 32.4. The number of rotatable bonds is 10. The number of hydrogen-bond acceptors (Lipinski definition) is 3. The van der Waals surface area contributed by atoms with Crippen LogP contribution in [0.1, 0.15) is 6.85 Å². The number of hydrogen-bond donors (Lipinski definition) is 0. The number of nitrogens with zero attached hydrogens (tertiary/aromatic N) is 2. The Kier molecular flexibility index (Phi) is 11.1. The third-order valence-electron chi connectivity index (χ3n) is 17.7. The summed E-state index contributed by atoms with van der Waals surface area (Å²) in [4.78, 5) is 4.97. The lowest BCUT2D eigenvalue weighted by molar-refractivity contribution is 0.669. The first-order valence-corrected chi connectivity index (χ1v) is 29.9. The van der Waals surface area contributed by atoms with Gasteiger partial charge in [-0.05, 0) is 113 Å². The molecule has 14 aromatic carbocycles. The van der Waals surface area contributed by atoms with Gasteiger partial charge in [0.1, 0.15) is 5.58 Å². The maximum absolute atomic E-state index is 9.51. The zero-order chi connectivity index (χ0) is 62.4. The van der Waals surface area contributed by atoms with Crippen LogP contribution in [-0.4, -0.2) is 6.71 Å². The molecule has 410 valence electrons. The van der Waals surface area contributed by atoms with Crippen molar-refractivity contribution in [2.24, 2.45) is 0 Å². The Hall–Kier alpha value is -11.5. The summed E-state index contributed by atoms with van der Waals surface area (Å²) in [7, 11) is 0. The molecule has 4 heteroatoms. The van der Waals surface area contributed by atoms with Crippen molar-refractivity contribution in [3.63, 3.8) is 0 Å². The molecule has 2 aliphatic heterocycles. The number of furan rings is 1. The van der Waals surface area contributed by atoms with Crippen molar-refractivity contribution in [1.29, 1.82) is 0 Å². The zero-order valence-corrected chi connectivity index (χ0v) is 47.7. The first-order chi connectivity index (χ1) is 45.8. The van der Waals surface area contributed by atoms with Crippen LogP contribution in [0.25, 0.3) is 111 Å². The highest BCUT2D eigenvalue weighted by Crippen LogP contribution is 2.55. The summed E-state index contributed by atoms with van der Waals surface area (Å²) in [6.45, 7) is -0.541. The lowest BCUT2D eigenvalue weighted by Gasteiger charge is -2.46. The van der Waals surface area contributed by atoms with Crippen LogP contribution >= 0.6 is 0 Å². The summed E-state index contributed by atoms with van der Waals surface area (Å²) in [5.41, 5.74) is 25.0. The minimum Gasteiger partial charge on any atom is -0.454 e. The zero-order valence-electron chi connectivity index (χ0n) is 52.7. The molecule has 0 unspecified atom stereocenters. The molecule has 0 radical (unpaired) electrons. The van der Waals surface area contributed by atoms with Crippen LogP contribution in [0.4, 0.5) is 34.1 Å². The molecule has 0 aliphatic carbocycles. The molecule has 0 atom stereocenters. The summed E-state index contributed by atoms with van der Waals surface area (Å²) in [5.74, 6) is 0. The minimum absolute atomic E-state index is 0.132. The molecule has 0 N–H and O–H groups in total. The van der Waals surface area contributed by atoms with Crippen molar-refractivity contribution in [1.82, 2.24) is 0 Å². The lowest BCUT2D eigenvalue weighted by atomic mass is 9.33. The molecule has 17 rings (SSSR count). The molecule has 2 aliphatic rings. The van der Waals surface area contributed by atoms with E-state index in [4.69, 9.17) is 8.53 Å². The second kappa shape index (κ2) is 21.3. The average molecular weight is 1120 g/mol. The van der Waals surface area contributed by atoms with Crippen LogP contribution in [0.3, 0.4) is 0 Å². The van der Waals surface area contributed by atoms with Crippen molar-refractivity contribution in [2.75, 3.05) is 9.80 Å². The van der Waals surface area contributed by atoms with Crippen LogP contribution in [0, 0.1) is 0 Å². The van der Waals surface area contributed by atoms with Gasteiger partial charge >= 0.3 is 0 Å². The largest absolute Gasteiger partial charge is 0.454 e. The Morgan fingerprint density at radius 3 is 1.23 bits per heavy atom. The Morgan fingerprint density at radius 2 is 0.693 bits per heavy atom. The van der Waals surface area contributed by atoms with E-state index in [1.165, 1.54) is 0 Å². The molecule has 1 aromatic heterocycles. The minimum atomic E-state index is -0.541. The van der Waals surface area contributed by atoms with Gasteiger partial charge in [-0.15, -0.1) is 0 Å². The van der Waals surface area contributed by atoms with Crippen molar-refractivity contribution < 1.29 is 11.3 Å². The van der Waals surface area contributed by atoms with Gasteiger partial charge in [0.15, 0.2) is 5.58 Å². The summed E-state index contributed by atoms with van der Waals surface area (Å²) >= 11 is 0. The lowest BCUT2D eigenvalue weighted by Crippen LogP contribution is -2.61. The monoisotopic (exact) mass is 1120 g/mol. The van der Waals surface area contributed by atoms with Gasteiger partial charge in [-0.1, -0.05) is 303 Å². The van der Waals surface area contributed by atoms with E-state index in [0.29, 0.717) is 11.1 Å². The van der Waals surface area contributed by atoms with E-state index in [-0.39, 0.29) is 17.6 Å². The highest BCUT2D eigenvalue weighted by atomic mass is 16.3. The molecule has 3 heterocycles. The third kappa shape index (κ3) is 8.44. The number of fused-ring (bicyclic) bond motifs is 8. The van der Waals surface area contributed by atoms with E-state index in [0.717, 1.165) is 145 Å². The van der Waals surface area contributed by atoms with Crippen LogP contribution in [0.2, 0.25) is 0 Å². The maximum Gasteiger partial charge on any atom is 0.252 e. The van der Waals surface area contributed by atoms with Gasteiger partial charge in [0, 0.05) is 50.1 Å². The number of anilines is 6. The predicted octanol–water partition coefficient (Wildman–Crippen LogP) is 21.0. The number of para-hydroxylation sites is 2. The quantitative estimate of drug-likeness (QED) is 0.127. The molecule has 0 spiro atoms. The number of benzene rings is 14. The fourth-order valence-electron chi connectivity index (χ4n) is 13.9. The van der Waals surface area contributed by atoms with Gasteiger partial charge in [-0.3, -0.25) is 0 Å². The molecule has 0 fully saturated rings. The molecule has 88 heavy (non-hydrogen) atoms. The Labute approximate surface area is 520 Å². The van der Waals surface area contributed by atoms with E-state index in [1.54, 1.807) is 0 Å². The SMILES string of the molecule is [2H]c1c([2H])c([2H])c(-c2ccc3c(c2)B2c4ccc5c(oc6cc(-c7ccccc7)ccc65)c4N(c4c(-c5ccccc5)cccc4-c4ccccc4)c4cc(-c5ccccc5-c5ccccc5)cc(c42)N3c2c(-c3ccccc3)cccc2-c2ccccc2)c([2H])c1[2H]. The van der Waals surface area contributed by atoms with E-state index >= 15 is 0 Å². The van der Waals surface area contributed by atoms with Gasteiger partial charge in [0.05, 0.1) is 23.9 Å². The summed E-state index contributed by atoms with van der Waals surface area (Å²) in [6, 6.07) is 106. The first kappa shape index (κ1) is 45.9. The molecule has 0 saturated heterocycles. The highest BCUT2D eigenvalue weighted by Gasteiger charge is 2.47. The molecular weight excluding hydrogens is 1060 g/mol. The van der Waals surface area contributed by atoms with Gasteiger partial charge in [0.2, 0.25) is 0 Å². The fourth-order valence-corrected chi connectivity index (χ4v) is 13.9. The van der Waals surface area contributed by atoms with Crippen molar-refractivity contribution >= 4 is 79.2 Å². The normalized spacial score (nSPS) is 13.0. The summed E-state index contributed by atoms with van der Waals surface area (Å²) in [6.07, 6.45) is 0. The van der Waals surface area contributed by atoms with Gasteiger partial charge < -0.3 is 14.2 Å². The predicted molar refractivity (Wildman–Crippen MR) is 371 cm³/mol. The third-order valence-corrected chi connectivity index (χ3v) is 17.7. The molecule has 15 aromatic rings. The second-order valence-electron chi connectivity index (χ2n) is 22.6. The van der Waals surface area contributed by atoms with Gasteiger partial charge in [-0.2, -0.15) is 0 Å². The van der Waals surface area contributed by atoms with Gasteiger partial charge in [-0.25, -0.2) is 0 Å². The molecule has 0 saturated carbocycles. The van der Waals surface area contributed by atoms with E-state index in [1.807, 2.05) is 12.1 Å². The molecule has 0 bridgehead atoms. The maximum atomic E-state index is 9.51. The van der Waals surface area contributed by atoms with Crippen molar-refractivity contribution in [3.8, 4) is 89.0 Å². The smallest absolute Gasteiger partial charge is 0.252 e. The summed E-state index contributed by atoms with van der Waals surface area (Å²) in [5, 5.41) is 1.93. The Bertz CT molecular complexity index is 5310. The van der Waals surface area contributed by atoms with Crippen LogP contribution < -0.4 is 26.2 Å². The van der Waals surface area contributed by atoms with Crippen LogP contribution in [-0.2, 0) is 0 Å². The Balaban J connectivity index is 1.08. The standard InChI is InChI=1S/C84H55BN2O/c1-8-26-56(27-9-1)63-47-51-76-75(52-63)85-74-50-49-73-72-48-46-64(57-28-10-2-11-29-57)55-79(72)88-84(73)83(74)87(82-70(61-36-18-6-19-37-61)44-25-45-71(82)62-38-20-7-21-39-62)78-54-65(67-41-23-22-40-66(67)58-30-12-3-13-31-58)53-77(80(78)85)86(76)81-68(59-32-14-4-15-33-59)42-24-43-69(81)60-34-16-5-17-35-60/h1-55H/i1D,8D,9D,26D,27D. The van der Waals surface area contributed by atoms with Crippen LogP contribution in [0.5, 0.6) is 0 Å². The van der Waals surface area contributed by atoms with E-state index < -0.39 is 24.8 Å². The molecule has 0 amide bonds. The van der Waals surface area contributed by atoms with Crippen LogP contribution in [0.15, 0.2) is 338 Å². The van der Waals surface area contributed by atoms with E-state index in [9.17, 15) is 2.74 Å². The molecule has 3 nitrogen and oxygen atoms in total.